The van der Waals surface area contributed by atoms with E-state index in [1.54, 1.807) is 36.4 Å². The fourth-order valence-corrected chi connectivity index (χ4v) is 1.22. The summed E-state index contributed by atoms with van der Waals surface area (Å²) in [4.78, 5) is 11.9. The van der Waals surface area contributed by atoms with E-state index in [-0.39, 0.29) is 5.78 Å². The van der Waals surface area contributed by atoms with Gasteiger partial charge in [0.05, 0.1) is 0 Å². The lowest BCUT2D eigenvalue weighted by Crippen LogP contribution is -2.05. The predicted molar refractivity (Wildman–Crippen MR) is 63.7 cm³/mol. The summed E-state index contributed by atoms with van der Waals surface area (Å²) in [5.74, 6) is -0.136. The van der Waals surface area contributed by atoms with Crippen molar-refractivity contribution in [2.24, 2.45) is 0 Å². The highest BCUT2D eigenvalue weighted by molar-refractivity contribution is 6.13. The number of benzene rings is 1. The molecule has 15 heavy (non-hydrogen) atoms. The smallest absolute Gasteiger partial charge is 0.195 e. The van der Waals surface area contributed by atoms with E-state index < -0.39 is 0 Å². The molecule has 0 spiro atoms. The number of nitrogens with two attached hydrogens (primary N) is 1. The first-order chi connectivity index (χ1) is 7.20. The Morgan fingerprint density at radius 3 is 2.47 bits per heavy atom. The maximum atomic E-state index is 11.9. The lowest BCUT2D eigenvalue weighted by atomic mass is 10.0. The van der Waals surface area contributed by atoms with Crippen molar-refractivity contribution in [1.82, 2.24) is 0 Å². The van der Waals surface area contributed by atoms with Crippen LogP contribution in [0.3, 0.4) is 0 Å². The molecule has 0 bridgehead atoms. The lowest BCUT2D eigenvalue weighted by molar-refractivity contribution is 0.103. The number of para-hydroxylation sites is 1. The highest BCUT2D eigenvalue weighted by Crippen LogP contribution is 2.16. The van der Waals surface area contributed by atoms with Crippen LogP contribution in [0.5, 0.6) is 0 Å². The number of carbonyl (C=O) groups excluding carboxylic acids is 1. The van der Waals surface area contributed by atoms with Crippen molar-refractivity contribution in [1.29, 1.82) is 0 Å². The monoisotopic (exact) mass is 199 g/mol. The molecular weight excluding hydrogens is 186 g/mol. The van der Waals surface area contributed by atoms with Gasteiger partial charge in [0, 0.05) is 16.8 Å². The zero-order chi connectivity index (χ0) is 11.3. The zero-order valence-corrected chi connectivity index (χ0v) is 8.44. The summed E-state index contributed by atoms with van der Waals surface area (Å²) >= 11 is 0. The largest absolute Gasteiger partial charge is 0.398 e. The highest BCUT2D eigenvalue weighted by atomic mass is 16.1. The van der Waals surface area contributed by atoms with Gasteiger partial charge in [-0.1, -0.05) is 43.5 Å². The molecule has 0 saturated heterocycles. The van der Waals surface area contributed by atoms with Crippen LogP contribution in [0.25, 0.3) is 0 Å². The molecule has 0 aromatic heterocycles. The molecule has 0 fully saturated rings. The van der Waals surface area contributed by atoms with Gasteiger partial charge in [-0.15, -0.1) is 0 Å². The second kappa shape index (κ2) is 4.96. The molecule has 76 valence electrons. The molecule has 2 N–H and O–H groups in total. The normalized spacial score (nSPS) is 10.8. The molecule has 1 aromatic rings. The Balaban J connectivity index is 3.14. The second-order valence-corrected chi connectivity index (χ2v) is 2.98. The minimum atomic E-state index is -0.136. The van der Waals surface area contributed by atoms with Gasteiger partial charge < -0.3 is 5.73 Å². The Bertz CT molecular complexity index is 430. The molecule has 2 nitrogen and oxygen atoms in total. The van der Waals surface area contributed by atoms with Crippen LogP contribution in [-0.4, -0.2) is 5.78 Å². The number of Topliss-reactive ketones (excluding diaryl/α,β-unsaturated/α-hetero) is 1. The van der Waals surface area contributed by atoms with Crippen LogP contribution in [-0.2, 0) is 0 Å². The molecule has 0 aliphatic heterocycles. The minimum absolute atomic E-state index is 0.136. The summed E-state index contributed by atoms with van der Waals surface area (Å²) in [6.07, 6.45) is 4.66. The third-order valence-corrected chi connectivity index (χ3v) is 1.98. The van der Waals surface area contributed by atoms with E-state index in [1.807, 2.05) is 0 Å². The van der Waals surface area contributed by atoms with Crippen molar-refractivity contribution in [3.05, 3.63) is 66.8 Å². The molecule has 0 amide bonds. The molecule has 0 heterocycles. The van der Waals surface area contributed by atoms with Crippen LogP contribution in [0, 0.1) is 0 Å². The van der Waals surface area contributed by atoms with E-state index in [0.717, 1.165) is 0 Å². The Hall–Kier alpha value is -2.09. The van der Waals surface area contributed by atoms with Crippen molar-refractivity contribution in [3.63, 3.8) is 0 Å². The third-order valence-electron chi connectivity index (χ3n) is 1.98. The Kier molecular flexibility index (Phi) is 3.63. The molecule has 0 aliphatic rings. The van der Waals surface area contributed by atoms with Gasteiger partial charge >= 0.3 is 0 Å². The van der Waals surface area contributed by atoms with Crippen LogP contribution in [0.2, 0.25) is 0 Å². The number of allylic oxidation sites excluding steroid dienone is 4. The highest BCUT2D eigenvalue weighted by Gasteiger charge is 2.10. The summed E-state index contributed by atoms with van der Waals surface area (Å²) in [7, 11) is 0. The molecule has 0 saturated carbocycles. The van der Waals surface area contributed by atoms with Gasteiger partial charge in [0.1, 0.15) is 0 Å². The molecule has 1 aromatic carbocycles. The van der Waals surface area contributed by atoms with Gasteiger partial charge in [-0.3, -0.25) is 4.79 Å². The first-order valence-corrected chi connectivity index (χ1v) is 4.55. The topological polar surface area (TPSA) is 43.1 Å². The van der Waals surface area contributed by atoms with Gasteiger partial charge in [-0.25, -0.2) is 0 Å². The van der Waals surface area contributed by atoms with Gasteiger partial charge in [-0.05, 0) is 12.1 Å². The van der Waals surface area contributed by atoms with Crippen molar-refractivity contribution < 1.29 is 4.79 Å². The number of ketones is 1. The molecule has 0 unspecified atom stereocenters. The zero-order valence-electron chi connectivity index (χ0n) is 8.44. The standard InChI is InChI=1S/C13H13NO/c1-3-7-10(4-2)13(15)11-8-5-6-9-12(11)14/h3-9H,1-2,14H2/b10-7+. The van der Waals surface area contributed by atoms with E-state index in [1.165, 1.54) is 6.08 Å². The molecule has 1 rings (SSSR count). The van der Waals surface area contributed by atoms with Crippen LogP contribution >= 0.6 is 0 Å². The maximum absolute atomic E-state index is 11.9. The number of rotatable bonds is 4. The summed E-state index contributed by atoms with van der Waals surface area (Å²) in [6, 6.07) is 6.95. The number of nitrogen functional groups attached to an aromatic ring is 1. The van der Waals surface area contributed by atoms with E-state index in [4.69, 9.17) is 5.73 Å². The van der Waals surface area contributed by atoms with Crippen molar-refractivity contribution in [3.8, 4) is 0 Å². The quantitative estimate of drug-likeness (QED) is 0.350. The lowest BCUT2D eigenvalue weighted by Gasteiger charge is -2.04. The fourth-order valence-electron chi connectivity index (χ4n) is 1.22. The maximum Gasteiger partial charge on any atom is 0.195 e. The summed E-state index contributed by atoms with van der Waals surface area (Å²) in [5.41, 5.74) is 7.15. The second-order valence-electron chi connectivity index (χ2n) is 2.98. The number of hydrogen-bond acceptors (Lipinski definition) is 2. The van der Waals surface area contributed by atoms with E-state index in [9.17, 15) is 4.79 Å². The number of carbonyl (C=O) groups is 1. The fraction of sp³-hybridized carbons (Fsp3) is 0. The SMILES string of the molecule is C=C/C=C(\C=C)C(=O)c1ccccc1N. The van der Waals surface area contributed by atoms with Crippen molar-refractivity contribution in [2.45, 2.75) is 0 Å². The van der Waals surface area contributed by atoms with Gasteiger partial charge in [0.2, 0.25) is 0 Å². The van der Waals surface area contributed by atoms with Crippen LogP contribution in [0.1, 0.15) is 10.4 Å². The van der Waals surface area contributed by atoms with Crippen molar-refractivity contribution >= 4 is 11.5 Å². The number of hydrogen-bond donors (Lipinski definition) is 1. The van der Waals surface area contributed by atoms with Crippen molar-refractivity contribution in [2.75, 3.05) is 5.73 Å². The average Bonchev–Trinajstić information content (AvgIpc) is 2.25. The predicted octanol–water partition coefficient (Wildman–Crippen LogP) is 2.75. The summed E-state index contributed by atoms with van der Waals surface area (Å²) < 4.78 is 0. The Morgan fingerprint density at radius 2 is 1.93 bits per heavy atom. The average molecular weight is 199 g/mol. The molecule has 0 radical (unpaired) electrons. The van der Waals surface area contributed by atoms with Gasteiger partial charge in [-0.2, -0.15) is 0 Å². The molecule has 0 aliphatic carbocycles. The minimum Gasteiger partial charge on any atom is -0.398 e. The molecule has 0 atom stereocenters. The number of anilines is 1. The first-order valence-electron chi connectivity index (χ1n) is 4.55. The third kappa shape index (κ3) is 2.44. The van der Waals surface area contributed by atoms with E-state index in [0.29, 0.717) is 16.8 Å². The summed E-state index contributed by atoms with van der Waals surface area (Å²) in [5, 5.41) is 0. The van der Waals surface area contributed by atoms with E-state index >= 15 is 0 Å². The van der Waals surface area contributed by atoms with Gasteiger partial charge in [0.25, 0.3) is 0 Å². The first kappa shape index (κ1) is 11.0. The van der Waals surface area contributed by atoms with Crippen LogP contribution in [0.15, 0.2) is 61.2 Å². The van der Waals surface area contributed by atoms with Crippen LogP contribution in [0.4, 0.5) is 5.69 Å². The van der Waals surface area contributed by atoms with Gasteiger partial charge in [0.15, 0.2) is 5.78 Å². The summed E-state index contributed by atoms with van der Waals surface area (Å²) in [6.45, 7) is 7.12. The molecule has 2 heteroatoms. The van der Waals surface area contributed by atoms with E-state index in [2.05, 4.69) is 13.2 Å². The Labute approximate surface area is 89.4 Å². The Morgan fingerprint density at radius 1 is 1.27 bits per heavy atom. The van der Waals surface area contributed by atoms with Crippen LogP contribution < -0.4 is 5.73 Å². The molecular formula is C13H13NO.